The Morgan fingerprint density at radius 2 is 1.75 bits per heavy atom. The monoisotopic (exact) mass is 438 g/mol. The number of likely N-dealkylation sites (tertiary alicyclic amines) is 1. The molecule has 2 aromatic rings. The van der Waals surface area contributed by atoms with Gasteiger partial charge < -0.3 is 15.0 Å². The minimum Gasteiger partial charge on any atom is -0.361 e. The van der Waals surface area contributed by atoms with Crippen LogP contribution in [-0.2, 0) is 14.3 Å². The number of piperidine rings is 2. The number of ether oxygens (including phenoxy) is 1. The first-order chi connectivity index (χ1) is 15.4. The molecule has 6 heteroatoms. The van der Waals surface area contributed by atoms with E-state index in [1.807, 2.05) is 61.2 Å². The van der Waals surface area contributed by atoms with E-state index >= 15 is 0 Å². The Morgan fingerprint density at radius 3 is 2.38 bits per heavy atom. The van der Waals surface area contributed by atoms with Gasteiger partial charge in [0, 0.05) is 32.0 Å². The molecule has 2 saturated heterocycles. The predicted molar refractivity (Wildman–Crippen MR) is 120 cm³/mol. The molecule has 4 rings (SSSR count). The first kappa shape index (κ1) is 22.5. The number of nitrogens with one attached hydrogen (secondary N) is 1. The Balaban J connectivity index is 1.52. The molecular weight excluding hydrogens is 407 g/mol. The van der Waals surface area contributed by atoms with Crippen molar-refractivity contribution in [3.63, 3.8) is 0 Å². The molecule has 0 radical (unpaired) electrons. The molecule has 0 unspecified atom stereocenters. The zero-order chi connectivity index (χ0) is 22.7. The third-order valence-electron chi connectivity index (χ3n) is 6.83. The van der Waals surface area contributed by atoms with Crippen LogP contribution >= 0.6 is 0 Å². The lowest BCUT2D eigenvalue weighted by molar-refractivity contribution is -0.150. The van der Waals surface area contributed by atoms with Crippen LogP contribution in [0.4, 0.5) is 4.39 Å². The zero-order valence-electron chi connectivity index (χ0n) is 18.7. The molecular formula is C26H31FN2O3. The molecule has 2 aliphatic heterocycles. The molecule has 2 aliphatic rings. The van der Waals surface area contributed by atoms with Gasteiger partial charge in [-0.25, -0.2) is 4.39 Å². The maximum atomic E-state index is 13.5. The number of nitrogens with zero attached hydrogens (tertiary/aromatic N) is 1. The van der Waals surface area contributed by atoms with E-state index in [1.165, 1.54) is 12.1 Å². The van der Waals surface area contributed by atoms with Crippen LogP contribution in [0.3, 0.4) is 0 Å². The van der Waals surface area contributed by atoms with Gasteiger partial charge in [0.15, 0.2) is 6.10 Å². The van der Waals surface area contributed by atoms with Crippen LogP contribution < -0.4 is 5.32 Å². The van der Waals surface area contributed by atoms with E-state index in [-0.39, 0.29) is 35.1 Å². The smallest absolute Gasteiger partial charge is 0.256 e. The molecule has 0 bridgehead atoms. The van der Waals surface area contributed by atoms with Gasteiger partial charge in [-0.05, 0) is 55.4 Å². The zero-order valence-corrected chi connectivity index (χ0v) is 18.7. The van der Waals surface area contributed by atoms with Crippen molar-refractivity contribution in [3.05, 3.63) is 71.5 Å². The molecule has 1 N–H and O–H groups in total. The predicted octanol–water partition coefficient (Wildman–Crippen LogP) is 4.20. The van der Waals surface area contributed by atoms with Gasteiger partial charge in [-0.2, -0.15) is 0 Å². The van der Waals surface area contributed by atoms with E-state index in [9.17, 15) is 14.0 Å². The van der Waals surface area contributed by atoms with Gasteiger partial charge in [0.2, 0.25) is 5.91 Å². The van der Waals surface area contributed by atoms with E-state index in [0.717, 1.165) is 24.0 Å². The molecule has 0 aromatic heterocycles. The largest absolute Gasteiger partial charge is 0.361 e. The van der Waals surface area contributed by atoms with Gasteiger partial charge in [0.25, 0.3) is 5.91 Å². The van der Waals surface area contributed by atoms with E-state index in [2.05, 4.69) is 5.32 Å². The second kappa shape index (κ2) is 9.41. The normalized spacial score (nSPS) is 21.4. The molecule has 2 atom stereocenters. The SMILES string of the molecule is CC(C)O[C@@H](C(=O)N1CCC2(CC1)CC(=O)NC[C@H]2c1ccc(F)cc1)c1ccccc1. The first-order valence-electron chi connectivity index (χ1n) is 11.4. The van der Waals surface area contributed by atoms with Crippen molar-refractivity contribution < 1.29 is 18.7 Å². The van der Waals surface area contributed by atoms with Gasteiger partial charge in [-0.15, -0.1) is 0 Å². The second-order valence-electron chi connectivity index (χ2n) is 9.25. The highest BCUT2D eigenvalue weighted by atomic mass is 19.1. The summed E-state index contributed by atoms with van der Waals surface area (Å²) in [5.41, 5.74) is 1.67. The Kier molecular flexibility index (Phi) is 6.60. The third-order valence-corrected chi connectivity index (χ3v) is 6.83. The van der Waals surface area contributed by atoms with Crippen LogP contribution in [-0.4, -0.2) is 42.5 Å². The minimum absolute atomic E-state index is 0.0293. The van der Waals surface area contributed by atoms with Crippen LogP contribution in [0.1, 0.15) is 56.3 Å². The fraction of sp³-hybridized carbons (Fsp3) is 0.462. The quantitative estimate of drug-likeness (QED) is 0.761. The van der Waals surface area contributed by atoms with Crippen LogP contribution in [0.5, 0.6) is 0 Å². The molecule has 2 aromatic carbocycles. The Morgan fingerprint density at radius 1 is 1.09 bits per heavy atom. The fourth-order valence-electron chi connectivity index (χ4n) is 5.15. The van der Waals surface area contributed by atoms with Crippen molar-refractivity contribution in [1.29, 1.82) is 0 Å². The lowest BCUT2D eigenvalue weighted by atomic mass is 9.62. The average Bonchev–Trinajstić information content (AvgIpc) is 2.79. The van der Waals surface area contributed by atoms with Crippen molar-refractivity contribution in [2.24, 2.45) is 5.41 Å². The molecule has 170 valence electrons. The summed E-state index contributed by atoms with van der Waals surface area (Å²) >= 11 is 0. The topological polar surface area (TPSA) is 58.6 Å². The van der Waals surface area contributed by atoms with Crippen molar-refractivity contribution in [1.82, 2.24) is 10.2 Å². The van der Waals surface area contributed by atoms with Crippen LogP contribution in [0.15, 0.2) is 54.6 Å². The third kappa shape index (κ3) is 4.70. The maximum Gasteiger partial charge on any atom is 0.256 e. The lowest BCUT2D eigenvalue weighted by Gasteiger charge is -2.49. The molecule has 32 heavy (non-hydrogen) atoms. The van der Waals surface area contributed by atoms with Gasteiger partial charge in [0.05, 0.1) is 6.10 Å². The molecule has 0 saturated carbocycles. The van der Waals surface area contributed by atoms with Crippen molar-refractivity contribution in [2.75, 3.05) is 19.6 Å². The minimum atomic E-state index is -0.632. The van der Waals surface area contributed by atoms with E-state index < -0.39 is 6.10 Å². The standard InChI is InChI=1S/C26H31FN2O3/c1-18(2)32-24(20-6-4-3-5-7-20)25(31)29-14-12-26(13-15-29)16-23(30)28-17-22(26)19-8-10-21(27)11-9-19/h3-11,18,22,24H,12-17H2,1-2H3,(H,28,30)/t22-,24+/m0/s1. The number of rotatable bonds is 5. The Hall–Kier alpha value is -2.73. The number of hydrogen-bond donors (Lipinski definition) is 1. The summed E-state index contributed by atoms with van der Waals surface area (Å²) in [5.74, 6) is -0.137. The number of amides is 2. The summed E-state index contributed by atoms with van der Waals surface area (Å²) in [5, 5.41) is 2.98. The Labute approximate surface area is 188 Å². The number of halogens is 1. The summed E-state index contributed by atoms with van der Waals surface area (Å²) in [6.07, 6.45) is 1.19. The number of hydrogen-bond acceptors (Lipinski definition) is 3. The highest BCUT2D eigenvalue weighted by Gasteiger charge is 2.47. The van der Waals surface area contributed by atoms with Gasteiger partial charge in [-0.1, -0.05) is 42.5 Å². The molecule has 2 amide bonds. The number of carbonyl (C=O) groups is 2. The summed E-state index contributed by atoms with van der Waals surface area (Å²) in [6, 6.07) is 16.2. The number of carbonyl (C=O) groups excluding carboxylic acids is 2. The number of benzene rings is 2. The van der Waals surface area contributed by atoms with Crippen LogP contribution in [0.2, 0.25) is 0 Å². The van der Waals surface area contributed by atoms with Crippen LogP contribution in [0, 0.1) is 11.2 Å². The van der Waals surface area contributed by atoms with Crippen molar-refractivity contribution in [3.8, 4) is 0 Å². The molecule has 2 fully saturated rings. The van der Waals surface area contributed by atoms with Crippen molar-refractivity contribution >= 4 is 11.8 Å². The summed E-state index contributed by atoms with van der Waals surface area (Å²) in [4.78, 5) is 27.6. The first-order valence-corrected chi connectivity index (χ1v) is 11.4. The van der Waals surface area contributed by atoms with Crippen LogP contribution in [0.25, 0.3) is 0 Å². The molecule has 2 heterocycles. The highest BCUT2D eigenvalue weighted by molar-refractivity contribution is 5.83. The summed E-state index contributed by atoms with van der Waals surface area (Å²) in [7, 11) is 0. The maximum absolute atomic E-state index is 13.5. The summed E-state index contributed by atoms with van der Waals surface area (Å²) in [6.45, 7) is 5.56. The Bertz CT molecular complexity index is 937. The van der Waals surface area contributed by atoms with E-state index in [4.69, 9.17) is 4.74 Å². The van der Waals surface area contributed by atoms with Gasteiger partial charge in [-0.3, -0.25) is 9.59 Å². The second-order valence-corrected chi connectivity index (χ2v) is 9.25. The molecule has 5 nitrogen and oxygen atoms in total. The molecule has 1 spiro atoms. The summed E-state index contributed by atoms with van der Waals surface area (Å²) < 4.78 is 19.5. The fourth-order valence-corrected chi connectivity index (χ4v) is 5.15. The van der Waals surface area contributed by atoms with Crippen molar-refractivity contribution in [2.45, 2.75) is 51.2 Å². The van der Waals surface area contributed by atoms with Gasteiger partial charge >= 0.3 is 0 Å². The van der Waals surface area contributed by atoms with Gasteiger partial charge in [0.1, 0.15) is 5.82 Å². The average molecular weight is 439 g/mol. The molecule has 0 aliphatic carbocycles. The van der Waals surface area contributed by atoms with E-state index in [0.29, 0.717) is 26.1 Å². The highest BCUT2D eigenvalue weighted by Crippen LogP contribution is 2.49. The van der Waals surface area contributed by atoms with E-state index in [1.54, 1.807) is 0 Å². The lowest BCUT2D eigenvalue weighted by Crippen LogP contribution is -2.53.